The van der Waals surface area contributed by atoms with E-state index in [2.05, 4.69) is 4.98 Å². The normalized spacial score (nSPS) is 10.8. The molecule has 0 radical (unpaired) electrons. The smallest absolute Gasteiger partial charge is 0.0732 e. The molecule has 2 aromatic rings. The van der Waals surface area contributed by atoms with Crippen molar-refractivity contribution in [2.24, 2.45) is 0 Å². The van der Waals surface area contributed by atoms with Gasteiger partial charge in [0.2, 0.25) is 0 Å². The van der Waals surface area contributed by atoms with Gasteiger partial charge in [-0.25, -0.2) is 0 Å². The molecule has 0 amide bonds. The van der Waals surface area contributed by atoms with Gasteiger partial charge in [0, 0.05) is 11.6 Å². The molecule has 0 fully saturated rings. The van der Waals surface area contributed by atoms with Crippen molar-refractivity contribution in [3.63, 3.8) is 0 Å². The number of fused-ring (bicyclic) bond motifs is 1. The highest BCUT2D eigenvalue weighted by atomic mass is 35.5. The maximum Gasteiger partial charge on any atom is 0.0732 e. The third-order valence-corrected chi connectivity index (χ3v) is 2.39. The Morgan fingerprint density at radius 2 is 2.14 bits per heavy atom. The fourth-order valence-electron chi connectivity index (χ4n) is 1.57. The average Bonchev–Trinajstić information content (AvgIpc) is 2.16. The SMILES string of the molecule is Cc1cc(CO)cc2cc(Cl)cnc12. The lowest BCUT2D eigenvalue weighted by molar-refractivity contribution is 0.282. The molecule has 0 saturated carbocycles. The van der Waals surface area contributed by atoms with Crippen molar-refractivity contribution in [3.05, 3.63) is 40.5 Å². The average molecular weight is 208 g/mol. The fourth-order valence-corrected chi connectivity index (χ4v) is 1.74. The summed E-state index contributed by atoms with van der Waals surface area (Å²) in [4.78, 5) is 4.24. The minimum Gasteiger partial charge on any atom is -0.392 e. The Morgan fingerprint density at radius 3 is 2.86 bits per heavy atom. The van der Waals surface area contributed by atoms with Crippen LogP contribution in [0.25, 0.3) is 10.9 Å². The molecular formula is C11H10ClNO. The maximum absolute atomic E-state index is 9.04. The molecule has 0 saturated heterocycles. The van der Waals surface area contributed by atoms with Gasteiger partial charge >= 0.3 is 0 Å². The zero-order valence-corrected chi connectivity index (χ0v) is 8.54. The first-order valence-electron chi connectivity index (χ1n) is 4.36. The van der Waals surface area contributed by atoms with Crippen LogP contribution in [0.15, 0.2) is 24.4 Å². The number of rotatable bonds is 1. The van der Waals surface area contributed by atoms with E-state index in [9.17, 15) is 0 Å². The van der Waals surface area contributed by atoms with Crippen molar-refractivity contribution in [2.75, 3.05) is 0 Å². The Hall–Kier alpha value is -1.12. The van der Waals surface area contributed by atoms with Gasteiger partial charge in [0.05, 0.1) is 17.1 Å². The van der Waals surface area contributed by atoms with E-state index in [0.29, 0.717) is 5.02 Å². The monoisotopic (exact) mass is 207 g/mol. The standard InChI is InChI=1S/C11H10ClNO/c1-7-2-8(6-14)3-9-4-10(12)5-13-11(7)9/h2-5,14H,6H2,1H3. The summed E-state index contributed by atoms with van der Waals surface area (Å²) in [5.74, 6) is 0. The molecule has 0 aliphatic rings. The van der Waals surface area contributed by atoms with Gasteiger partial charge in [-0.2, -0.15) is 0 Å². The van der Waals surface area contributed by atoms with Gasteiger partial charge in [0.1, 0.15) is 0 Å². The molecule has 3 heteroatoms. The summed E-state index contributed by atoms with van der Waals surface area (Å²) in [7, 11) is 0. The fraction of sp³-hybridized carbons (Fsp3) is 0.182. The lowest BCUT2D eigenvalue weighted by atomic mass is 10.1. The Balaban J connectivity index is 2.77. The first kappa shape index (κ1) is 9.44. The molecule has 0 unspecified atom stereocenters. The van der Waals surface area contributed by atoms with Crippen LogP contribution in [0, 0.1) is 6.92 Å². The predicted octanol–water partition coefficient (Wildman–Crippen LogP) is 2.69. The van der Waals surface area contributed by atoms with E-state index in [1.807, 2.05) is 25.1 Å². The lowest BCUT2D eigenvalue weighted by Crippen LogP contribution is -1.88. The second kappa shape index (κ2) is 3.56. The van der Waals surface area contributed by atoms with Crippen molar-refractivity contribution in [2.45, 2.75) is 13.5 Å². The van der Waals surface area contributed by atoms with E-state index in [4.69, 9.17) is 16.7 Å². The first-order valence-corrected chi connectivity index (χ1v) is 4.74. The van der Waals surface area contributed by atoms with E-state index >= 15 is 0 Å². The summed E-state index contributed by atoms with van der Waals surface area (Å²) >= 11 is 5.84. The van der Waals surface area contributed by atoms with Crippen molar-refractivity contribution in [3.8, 4) is 0 Å². The summed E-state index contributed by atoms with van der Waals surface area (Å²) in [6.07, 6.45) is 1.63. The van der Waals surface area contributed by atoms with Crippen LogP contribution in [-0.2, 0) is 6.61 Å². The molecule has 2 nitrogen and oxygen atoms in total. The number of pyridine rings is 1. The molecule has 14 heavy (non-hydrogen) atoms. The van der Waals surface area contributed by atoms with Crippen LogP contribution in [0.3, 0.4) is 0 Å². The van der Waals surface area contributed by atoms with Gasteiger partial charge in [-0.15, -0.1) is 0 Å². The summed E-state index contributed by atoms with van der Waals surface area (Å²) in [6, 6.07) is 5.69. The van der Waals surface area contributed by atoms with Gasteiger partial charge in [-0.3, -0.25) is 4.98 Å². The van der Waals surface area contributed by atoms with E-state index in [-0.39, 0.29) is 6.61 Å². The number of nitrogens with zero attached hydrogens (tertiary/aromatic N) is 1. The van der Waals surface area contributed by atoms with Crippen molar-refractivity contribution < 1.29 is 5.11 Å². The Morgan fingerprint density at radius 1 is 1.36 bits per heavy atom. The van der Waals surface area contributed by atoms with Gasteiger partial charge in [-0.05, 0) is 30.2 Å². The van der Waals surface area contributed by atoms with E-state index in [0.717, 1.165) is 22.0 Å². The van der Waals surface area contributed by atoms with Crippen molar-refractivity contribution >= 4 is 22.5 Å². The zero-order valence-electron chi connectivity index (χ0n) is 7.79. The summed E-state index contributed by atoms with van der Waals surface area (Å²) in [6.45, 7) is 2.02. The number of aliphatic hydroxyl groups excluding tert-OH is 1. The molecule has 1 aromatic carbocycles. The van der Waals surface area contributed by atoms with E-state index in [1.165, 1.54) is 0 Å². The van der Waals surface area contributed by atoms with E-state index in [1.54, 1.807) is 6.20 Å². The Labute approximate surface area is 87.2 Å². The molecule has 1 heterocycles. The quantitative estimate of drug-likeness (QED) is 0.780. The van der Waals surface area contributed by atoms with Crippen LogP contribution in [0.5, 0.6) is 0 Å². The van der Waals surface area contributed by atoms with Crippen molar-refractivity contribution in [1.82, 2.24) is 4.98 Å². The van der Waals surface area contributed by atoms with Gasteiger partial charge in [-0.1, -0.05) is 17.7 Å². The number of aryl methyl sites for hydroxylation is 1. The van der Waals surface area contributed by atoms with E-state index < -0.39 is 0 Å². The molecule has 0 aliphatic heterocycles. The molecule has 1 N–H and O–H groups in total. The van der Waals surface area contributed by atoms with Gasteiger partial charge < -0.3 is 5.11 Å². The first-order chi connectivity index (χ1) is 6.70. The minimum atomic E-state index is 0.0449. The van der Waals surface area contributed by atoms with Gasteiger partial charge in [0.25, 0.3) is 0 Å². The predicted molar refractivity (Wildman–Crippen MR) is 57.4 cm³/mol. The number of hydrogen-bond acceptors (Lipinski definition) is 2. The number of benzene rings is 1. The minimum absolute atomic E-state index is 0.0449. The second-order valence-corrected chi connectivity index (χ2v) is 3.73. The molecule has 1 aromatic heterocycles. The highest BCUT2D eigenvalue weighted by Gasteiger charge is 2.02. The van der Waals surface area contributed by atoms with Crippen LogP contribution in [0.2, 0.25) is 5.02 Å². The van der Waals surface area contributed by atoms with Crippen LogP contribution in [0.1, 0.15) is 11.1 Å². The topological polar surface area (TPSA) is 33.1 Å². The summed E-state index contributed by atoms with van der Waals surface area (Å²) < 4.78 is 0. The summed E-state index contributed by atoms with van der Waals surface area (Å²) in [5, 5.41) is 10.6. The molecule has 2 rings (SSSR count). The molecule has 0 aliphatic carbocycles. The number of halogens is 1. The molecule has 72 valence electrons. The lowest BCUT2D eigenvalue weighted by Gasteiger charge is -2.04. The molecule has 0 atom stereocenters. The second-order valence-electron chi connectivity index (χ2n) is 3.30. The zero-order chi connectivity index (χ0) is 10.1. The Bertz CT molecular complexity index is 482. The number of hydrogen-bond donors (Lipinski definition) is 1. The van der Waals surface area contributed by atoms with Crippen LogP contribution < -0.4 is 0 Å². The maximum atomic E-state index is 9.04. The number of aliphatic hydroxyl groups is 1. The highest BCUT2D eigenvalue weighted by molar-refractivity contribution is 6.31. The van der Waals surface area contributed by atoms with Crippen LogP contribution >= 0.6 is 11.6 Å². The van der Waals surface area contributed by atoms with Gasteiger partial charge in [0.15, 0.2) is 0 Å². The summed E-state index contributed by atoms with van der Waals surface area (Å²) in [5.41, 5.74) is 2.88. The molecule has 0 spiro atoms. The largest absolute Gasteiger partial charge is 0.392 e. The highest BCUT2D eigenvalue weighted by Crippen LogP contribution is 2.21. The molecule has 0 bridgehead atoms. The Kier molecular flexibility index (Phi) is 2.40. The van der Waals surface area contributed by atoms with Crippen LogP contribution in [0.4, 0.5) is 0 Å². The number of aromatic nitrogens is 1. The third-order valence-electron chi connectivity index (χ3n) is 2.18. The third kappa shape index (κ3) is 1.59. The van der Waals surface area contributed by atoms with Crippen LogP contribution in [-0.4, -0.2) is 10.1 Å². The molecular weight excluding hydrogens is 198 g/mol. The van der Waals surface area contributed by atoms with Crippen molar-refractivity contribution in [1.29, 1.82) is 0 Å².